The number of nitrogens with zero attached hydrogens (tertiary/aromatic N) is 1. The number of carbonyl (C=O) groups excluding carboxylic acids is 1. The van der Waals surface area contributed by atoms with Crippen molar-refractivity contribution in [1.82, 2.24) is 10.1 Å². The molecule has 6 nitrogen and oxygen atoms in total. The molecule has 0 radical (unpaired) electrons. The van der Waals surface area contributed by atoms with Crippen molar-refractivity contribution in [2.24, 2.45) is 0 Å². The molecular formula is C18H17N3O3. The number of anilines is 1. The SMILES string of the molecule is Cc1c(C)c2ccc(NC(=O)c3cc(C4CC4)on3)cc2[nH]c1=O. The first-order valence-corrected chi connectivity index (χ1v) is 7.94. The molecule has 2 aromatic heterocycles. The highest BCUT2D eigenvalue weighted by Crippen LogP contribution is 2.40. The van der Waals surface area contributed by atoms with Gasteiger partial charge in [0.15, 0.2) is 5.69 Å². The number of nitrogens with one attached hydrogen (secondary N) is 2. The van der Waals surface area contributed by atoms with Gasteiger partial charge in [-0.05, 0) is 44.4 Å². The van der Waals surface area contributed by atoms with Crippen LogP contribution in [-0.4, -0.2) is 16.0 Å². The van der Waals surface area contributed by atoms with Gasteiger partial charge >= 0.3 is 0 Å². The molecule has 4 rings (SSSR count). The molecule has 0 atom stereocenters. The number of fused-ring (bicyclic) bond motifs is 1. The first kappa shape index (κ1) is 14.7. The van der Waals surface area contributed by atoms with Crippen molar-refractivity contribution in [1.29, 1.82) is 0 Å². The van der Waals surface area contributed by atoms with Crippen molar-refractivity contribution in [3.63, 3.8) is 0 Å². The molecule has 1 aliphatic rings. The van der Waals surface area contributed by atoms with Gasteiger partial charge < -0.3 is 14.8 Å². The lowest BCUT2D eigenvalue weighted by Crippen LogP contribution is -2.14. The monoisotopic (exact) mass is 323 g/mol. The van der Waals surface area contributed by atoms with Gasteiger partial charge in [0, 0.05) is 28.6 Å². The largest absolute Gasteiger partial charge is 0.360 e. The molecule has 2 heterocycles. The van der Waals surface area contributed by atoms with E-state index in [4.69, 9.17) is 4.52 Å². The molecule has 2 N–H and O–H groups in total. The third-order valence-corrected chi connectivity index (χ3v) is 4.57. The fourth-order valence-corrected chi connectivity index (χ4v) is 2.79. The van der Waals surface area contributed by atoms with E-state index in [1.54, 1.807) is 19.1 Å². The highest BCUT2D eigenvalue weighted by atomic mass is 16.5. The van der Waals surface area contributed by atoms with Crippen LogP contribution in [0.2, 0.25) is 0 Å². The Labute approximate surface area is 137 Å². The summed E-state index contributed by atoms with van der Waals surface area (Å²) in [6, 6.07) is 7.15. The molecule has 0 bridgehead atoms. The van der Waals surface area contributed by atoms with E-state index in [1.807, 2.05) is 19.1 Å². The van der Waals surface area contributed by atoms with Crippen LogP contribution < -0.4 is 10.9 Å². The molecular weight excluding hydrogens is 306 g/mol. The van der Waals surface area contributed by atoms with Crippen LogP contribution in [0.15, 0.2) is 33.6 Å². The van der Waals surface area contributed by atoms with E-state index in [0.717, 1.165) is 29.6 Å². The van der Waals surface area contributed by atoms with Crippen LogP contribution in [0.1, 0.15) is 46.1 Å². The topological polar surface area (TPSA) is 88.0 Å². The van der Waals surface area contributed by atoms with Crippen LogP contribution in [0.5, 0.6) is 0 Å². The molecule has 6 heteroatoms. The average molecular weight is 323 g/mol. The number of rotatable bonds is 3. The zero-order chi connectivity index (χ0) is 16.8. The summed E-state index contributed by atoms with van der Waals surface area (Å²) in [5, 5.41) is 7.58. The van der Waals surface area contributed by atoms with E-state index < -0.39 is 0 Å². The van der Waals surface area contributed by atoms with Gasteiger partial charge in [-0.1, -0.05) is 11.2 Å². The Hall–Kier alpha value is -2.89. The second-order valence-corrected chi connectivity index (χ2v) is 6.31. The van der Waals surface area contributed by atoms with E-state index in [2.05, 4.69) is 15.5 Å². The summed E-state index contributed by atoms with van der Waals surface area (Å²) in [7, 11) is 0. The van der Waals surface area contributed by atoms with E-state index in [0.29, 0.717) is 22.7 Å². The molecule has 1 fully saturated rings. The van der Waals surface area contributed by atoms with Crippen molar-refractivity contribution in [3.8, 4) is 0 Å². The first-order chi connectivity index (χ1) is 11.5. The lowest BCUT2D eigenvalue weighted by Gasteiger charge is -2.08. The zero-order valence-corrected chi connectivity index (χ0v) is 13.5. The molecule has 3 aromatic rings. The van der Waals surface area contributed by atoms with Gasteiger partial charge in [0.1, 0.15) is 5.76 Å². The summed E-state index contributed by atoms with van der Waals surface area (Å²) in [5.74, 6) is 0.862. The molecule has 1 aromatic carbocycles. The number of pyridine rings is 1. The van der Waals surface area contributed by atoms with Gasteiger partial charge in [-0.3, -0.25) is 9.59 Å². The second-order valence-electron chi connectivity index (χ2n) is 6.31. The van der Waals surface area contributed by atoms with Crippen LogP contribution in [0.25, 0.3) is 10.9 Å². The Balaban J connectivity index is 1.62. The molecule has 1 aliphatic carbocycles. The van der Waals surface area contributed by atoms with Gasteiger partial charge in [-0.15, -0.1) is 0 Å². The molecule has 0 aliphatic heterocycles. The van der Waals surface area contributed by atoms with Crippen LogP contribution in [0, 0.1) is 13.8 Å². The summed E-state index contributed by atoms with van der Waals surface area (Å²) in [4.78, 5) is 27.0. The highest BCUT2D eigenvalue weighted by molar-refractivity contribution is 6.03. The Morgan fingerprint density at radius 2 is 2.04 bits per heavy atom. The predicted octanol–water partition coefficient (Wildman–Crippen LogP) is 3.26. The number of carbonyl (C=O) groups is 1. The highest BCUT2D eigenvalue weighted by Gasteiger charge is 2.28. The standard InChI is InChI=1S/C18H17N3O3/c1-9-10(2)17(22)20-14-7-12(5-6-13(9)14)19-18(23)15-8-16(24-21-15)11-3-4-11/h5-8,11H,3-4H2,1-2H3,(H,19,23)(H,20,22). The number of amides is 1. The lowest BCUT2D eigenvalue weighted by atomic mass is 10.1. The van der Waals surface area contributed by atoms with Crippen molar-refractivity contribution < 1.29 is 9.32 Å². The number of H-pyrrole nitrogens is 1. The molecule has 1 amide bonds. The number of hydrogen-bond acceptors (Lipinski definition) is 4. The van der Waals surface area contributed by atoms with Crippen LogP contribution >= 0.6 is 0 Å². The van der Waals surface area contributed by atoms with Crippen molar-refractivity contribution in [2.75, 3.05) is 5.32 Å². The van der Waals surface area contributed by atoms with Crippen LogP contribution in [0.4, 0.5) is 5.69 Å². The molecule has 1 saturated carbocycles. The van der Waals surface area contributed by atoms with E-state index in [1.165, 1.54) is 0 Å². The minimum atomic E-state index is -0.323. The third kappa shape index (κ3) is 2.50. The van der Waals surface area contributed by atoms with E-state index in [-0.39, 0.29) is 17.2 Å². The number of aryl methyl sites for hydroxylation is 1. The average Bonchev–Trinajstić information content (AvgIpc) is 3.29. The predicted molar refractivity (Wildman–Crippen MR) is 90.5 cm³/mol. The number of aromatic nitrogens is 2. The van der Waals surface area contributed by atoms with E-state index in [9.17, 15) is 9.59 Å². The fourth-order valence-electron chi connectivity index (χ4n) is 2.79. The van der Waals surface area contributed by atoms with Gasteiger partial charge in [0.2, 0.25) is 0 Å². The van der Waals surface area contributed by atoms with Crippen LogP contribution in [-0.2, 0) is 0 Å². The molecule has 24 heavy (non-hydrogen) atoms. The molecule has 0 spiro atoms. The molecule has 122 valence electrons. The van der Waals surface area contributed by atoms with Gasteiger partial charge in [0.25, 0.3) is 11.5 Å². The first-order valence-electron chi connectivity index (χ1n) is 7.94. The van der Waals surface area contributed by atoms with Gasteiger partial charge in [-0.2, -0.15) is 0 Å². The van der Waals surface area contributed by atoms with Gasteiger partial charge in [0.05, 0.1) is 5.52 Å². The second kappa shape index (κ2) is 5.33. The summed E-state index contributed by atoms with van der Waals surface area (Å²) in [5.41, 5.74) is 3.09. The summed E-state index contributed by atoms with van der Waals surface area (Å²) in [6.07, 6.45) is 2.18. The molecule has 0 saturated heterocycles. The maximum Gasteiger partial charge on any atom is 0.277 e. The summed E-state index contributed by atoms with van der Waals surface area (Å²) >= 11 is 0. The fraction of sp³-hybridized carbons (Fsp3) is 0.278. The normalized spacial score (nSPS) is 14.1. The number of hydrogen-bond donors (Lipinski definition) is 2. The quantitative estimate of drug-likeness (QED) is 0.774. The minimum Gasteiger partial charge on any atom is -0.360 e. The minimum absolute atomic E-state index is 0.117. The Morgan fingerprint density at radius 3 is 2.79 bits per heavy atom. The van der Waals surface area contributed by atoms with Crippen molar-refractivity contribution in [2.45, 2.75) is 32.6 Å². The third-order valence-electron chi connectivity index (χ3n) is 4.57. The number of aromatic amines is 1. The van der Waals surface area contributed by atoms with E-state index >= 15 is 0 Å². The molecule has 0 unspecified atom stereocenters. The number of benzene rings is 1. The van der Waals surface area contributed by atoms with Crippen LogP contribution in [0.3, 0.4) is 0 Å². The Morgan fingerprint density at radius 1 is 1.25 bits per heavy atom. The zero-order valence-electron chi connectivity index (χ0n) is 13.5. The maximum absolute atomic E-state index is 12.3. The Kier molecular flexibility index (Phi) is 3.26. The van der Waals surface area contributed by atoms with Crippen molar-refractivity contribution >= 4 is 22.5 Å². The smallest absolute Gasteiger partial charge is 0.277 e. The van der Waals surface area contributed by atoms with Gasteiger partial charge in [-0.25, -0.2) is 0 Å². The Bertz CT molecular complexity index is 1010. The van der Waals surface area contributed by atoms with Crippen molar-refractivity contribution in [3.05, 3.63) is 57.2 Å². The summed E-state index contributed by atoms with van der Waals surface area (Å²) < 4.78 is 5.20. The lowest BCUT2D eigenvalue weighted by molar-refractivity contribution is 0.101. The maximum atomic E-state index is 12.3. The summed E-state index contributed by atoms with van der Waals surface area (Å²) in [6.45, 7) is 3.71.